The lowest BCUT2D eigenvalue weighted by atomic mass is 10.0. The number of nitrogens with zero attached hydrogens (tertiary/aromatic N) is 1. The van der Waals surface area contributed by atoms with Crippen molar-refractivity contribution in [2.45, 2.75) is 36.6 Å². The van der Waals surface area contributed by atoms with Gasteiger partial charge >= 0.3 is 0 Å². The van der Waals surface area contributed by atoms with E-state index in [-0.39, 0.29) is 22.4 Å². The van der Waals surface area contributed by atoms with Gasteiger partial charge in [0.25, 0.3) is 0 Å². The Labute approximate surface area is 119 Å². The maximum atomic E-state index is 13.7. The number of rotatable bonds is 4. The van der Waals surface area contributed by atoms with Gasteiger partial charge < -0.3 is 10.6 Å². The van der Waals surface area contributed by atoms with Crippen LogP contribution in [0.5, 0.6) is 0 Å². The van der Waals surface area contributed by atoms with Gasteiger partial charge in [0.2, 0.25) is 0 Å². The lowest BCUT2D eigenvalue weighted by molar-refractivity contribution is 0.181. The van der Waals surface area contributed by atoms with Gasteiger partial charge in [-0.05, 0) is 51.1 Å². The second-order valence-corrected chi connectivity index (χ2v) is 7.51. The number of piperidine rings is 1. The van der Waals surface area contributed by atoms with Gasteiger partial charge in [-0.25, -0.2) is 12.8 Å². The van der Waals surface area contributed by atoms with Crippen LogP contribution < -0.4 is 5.73 Å². The molecule has 0 bridgehead atoms. The van der Waals surface area contributed by atoms with Gasteiger partial charge in [0.1, 0.15) is 10.7 Å². The molecule has 1 aliphatic heterocycles. The molecule has 6 heteroatoms. The first-order chi connectivity index (χ1) is 9.40. The van der Waals surface area contributed by atoms with Crippen LogP contribution in [0, 0.1) is 5.82 Å². The Balaban J connectivity index is 2.07. The summed E-state index contributed by atoms with van der Waals surface area (Å²) < 4.78 is 38.1. The molecule has 2 N–H and O–H groups in total. The lowest BCUT2D eigenvalue weighted by Crippen LogP contribution is -2.37. The molecule has 20 heavy (non-hydrogen) atoms. The van der Waals surface area contributed by atoms with Crippen LogP contribution in [-0.2, 0) is 9.84 Å². The maximum Gasteiger partial charge on any atom is 0.181 e. The summed E-state index contributed by atoms with van der Waals surface area (Å²) >= 11 is 0. The molecule has 1 heterocycles. The first kappa shape index (κ1) is 15.3. The average Bonchev–Trinajstić information content (AvgIpc) is 2.37. The van der Waals surface area contributed by atoms with Gasteiger partial charge in [0.15, 0.2) is 9.84 Å². The molecule has 0 aliphatic carbocycles. The molecule has 1 aliphatic rings. The summed E-state index contributed by atoms with van der Waals surface area (Å²) in [7, 11) is -1.57. The van der Waals surface area contributed by atoms with E-state index in [1.54, 1.807) is 0 Å². The third-order valence-corrected chi connectivity index (χ3v) is 5.71. The predicted molar refractivity (Wildman–Crippen MR) is 77.8 cm³/mol. The highest BCUT2D eigenvalue weighted by atomic mass is 32.2. The zero-order valence-electron chi connectivity index (χ0n) is 11.7. The summed E-state index contributed by atoms with van der Waals surface area (Å²) in [5.74, 6) is -0.787. The van der Waals surface area contributed by atoms with E-state index in [1.807, 2.05) is 7.05 Å². The molecule has 4 nitrogen and oxygen atoms in total. The number of likely N-dealkylation sites (tertiary alicyclic amines) is 1. The highest BCUT2D eigenvalue weighted by Gasteiger charge is 2.24. The van der Waals surface area contributed by atoms with Crippen molar-refractivity contribution >= 4 is 15.5 Å². The van der Waals surface area contributed by atoms with Crippen molar-refractivity contribution in [2.24, 2.45) is 0 Å². The second kappa shape index (κ2) is 6.10. The molecule has 1 unspecified atom stereocenters. The smallest absolute Gasteiger partial charge is 0.181 e. The summed E-state index contributed by atoms with van der Waals surface area (Å²) in [6, 6.07) is 4.00. The van der Waals surface area contributed by atoms with E-state index in [9.17, 15) is 12.8 Å². The average molecular weight is 300 g/mol. The normalized spacial score (nSPS) is 21.0. The Morgan fingerprint density at radius 2 is 2.15 bits per heavy atom. The zero-order chi connectivity index (χ0) is 14.8. The Kier molecular flexibility index (Phi) is 4.65. The van der Waals surface area contributed by atoms with Crippen LogP contribution in [0.1, 0.15) is 25.7 Å². The van der Waals surface area contributed by atoms with E-state index in [1.165, 1.54) is 12.1 Å². The molecule has 1 aromatic carbocycles. The van der Waals surface area contributed by atoms with Crippen molar-refractivity contribution < 1.29 is 12.8 Å². The monoisotopic (exact) mass is 300 g/mol. The molecule has 0 radical (unpaired) electrons. The van der Waals surface area contributed by atoms with Crippen molar-refractivity contribution in [2.75, 3.05) is 25.1 Å². The van der Waals surface area contributed by atoms with Crippen molar-refractivity contribution in [3.63, 3.8) is 0 Å². The van der Waals surface area contributed by atoms with Crippen LogP contribution >= 0.6 is 0 Å². The first-order valence-corrected chi connectivity index (χ1v) is 8.53. The van der Waals surface area contributed by atoms with Crippen molar-refractivity contribution in [3.05, 3.63) is 24.0 Å². The standard InChI is InChI=1S/C14H21FN2O2S/c1-17-8-3-2-4-12(17)7-9-20(18,19)14-6-5-11(16)10-13(14)15/h5-6,10,12H,2-4,7-9,16H2,1H3. The summed E-state index contributed by atoms with van der Waals surface area (Å²) in [5.41, 5.74) is 5.67. The number of anilines is 1. The maximum absolute atomic E-state index is 13.7. The predicted octanol–water partition coefficient (Wildman–Crippen LogP) is 2.06. The van der Waals surface area contributed by atoms with Gasteiger partial charge in [-0.15, -0.1) is 0 Å². The molecule has 1 fully saturated rings. The first-order valence-electron chi connectivity index (χ1n) is 6.88. The topological polar surface area (TPSA) is 63.4 Å². The van der Waals surface area contributed by atoms with Crippen LogP contribution in [0.4, 0.5) is 10.1 Å². The molecule has 0 spiro atoms. The Morgan fingerprint density at radius 3 is 2.80 bits per heavy atom. The lowest BCUT2D eigenvalue weighted by Gasteiger charge is -2.32. The molecule has 0 saturated carbocycles. The van der Waals surface area contributed by atoms with E-state index < -0.39 is 15.7 Å². The molecule has 1 atom stereocenters. The molecule has 0 aromatic heterocycles. The summed E-state index contributed by atoms with van der Waals surface area (Å²) in [4.78, 5) is 1.95. The van der Waals surface area contributed by atoms with Gasteiger partial charge in [0.05, 0.1) is 5.75 Å². The molecule has 2 rings (SSSR count). The molecule has 1 saturated heterocycles. The number of benzene rings is 1. The molecular formula is C14H21FN2O2S. The Morgan fingerprint density at radius 1 is 1.40 bits per heavy atom. The Bertz CT molecular complexity index is 575. The fourth-order valence-electron chi connectivity index (χ4n) is 2.68. The highest BCUT2D eigenvalue weighted by Crippen LogP contribution is 2.22. The number of nitrogens with two attached hydrogens (primary N) is 1. The van der Waals surface area contributed by atoms with E-state index >= 15 is 0 Å². The van der Waals surface area contributed by atoms with Gasteiger partial charge in [0, 0.05) is 11.7 Å². The minimum absolute atomic E-state index is 0.0250. The van der Waals surface area contributed by atoms with Crippen molar-refractivity contribution in [1.82, 2.24) is 4.90 Å². The SMILES string of the molecule is CN1CCCCC1CCS(=O)(=O)c1ccc(N)cc1F. The third-order valence-electron chi connectivity index (χ3n) is 3.93. The number of sulfone groups is 1. The summed E-state index contributed by atoms with van der Waals surface area (Å²) in [6.07, 6.45) is 3.84. The number of halogens is 1. The van der Waals surface area contributed by atoms with Gasteiger partial charge in [-0.3, -0.25) is 0 Å². The minimum atomic E-state index is -3.59. The van der Waals surface area contributed by atoms with Gasteiger partial charge in [-0.2, -0.15) is 0 Å². The largest absolute Gasteiger partial charge is 0.399 e. The quantitative estimate of drug-likeness (QED) is 0.865. The van der Waals surface area contributed by atoms with Crippen molar-refractivity contribution in [3.8, 4) is 0 Å². The highest BCUT2D eigenvalue weighted by molar-refractivity contribution is 7.91. The zero-order valence-corrected chi connectivity index (χ0v) is 12.5. The van der Waals surface area contributed by atoms with E-state index in [2.05, 4.69) is 4.90 Å². The summed E-state index contributed by atoms with van der Waals surface area (Å²) in [5, 5.41) is 0. The van der Waals surface area contributed by atoms with E-state index in [0.29, 0.717) is 6.42 Å². The van der Waals surface area contributed by atoms with Crippen molar-refractivity contribution in [1.29, 1.82) is 0 Å². The molecular weight excluding hydrogens is 279 g/mol. The Hall–Kier alpha value is -1.14. The van der Waals surface area contributed by atoms with E-state index in [4.69, 9.17) is 5.73 Å². The molecule has 1 aromatic rings. The number of hydrogen-bond acceptors (Lipinski definition) is 4. The van der Waals surface area contributed by atoms with Crippen LogP contribution in [-0.4, -0.2) is 38.7 Å². The van der Waals surface area contributed by atoms with Crippen LogP contribution in [0.3, 0.4) is 0 Å². The van der Waals surface area contributed by atoms with Crippen LogP contribution in [0.2, 0.25) is 0 Å². The van der Waals surface area contributed by atoms with E-state index in [0.717, 1.165) is 31.9 Å². The van der Waals surface area contributed by atoms with Gasteiger partial charge in [-0.1, -0.05) is 6.42 Å². The third kappa shape index (κ3) is 3.49. The van der Waals surface area contributed by atoms with Crippen LogP contribution in [0.25, 0.3) is 0 Å². The fraction of sp³-hybridized carbons (Fsp3) is 0.571. The molecule has 0 amide bonds. The number of hydrogen-bond donors (Lipinski definition) is 1. The number of nitrogen functional groups attached to an aromatic ring is 1. The van der Waals surface area contributed by atoms with Crippen LogP contribution in [0.15, 0.2) is 23.1 Å². The second-order valence-electron chi connectivity index (χ2n) is 5.43. The molecule has 112 valence electrons. The minimum Gasteiger partial charge on any atom is -0.399 e. The summed E-state index contributed by atoms with van der Waals surface area (Å²) in [6.45, 7) is 1.00. The fourth-order valence-corrected chi connectivity index (χ4v) is 4.11.